The van der Waals surface area contributed by atoms with Crippen molar-refractivity contribution >= 4 is 5.91 Å². The molecule has 0 aromatic heterocycles. The maximum atomic E-state index is 11.5. The molecule has 0 radical (unpaired) electrons. The van der Waals surface area contributed by atoms with Crippen LogP contribution in [0.2, 0.25) is 0 Å². The van der Waals surface area contributed by atoms with Crippen LogP contribution in [0.3, 0.4) is 0 Å². The summed E-state index contributed by atoms with van der Waals surface area (Å²) >= 11 is 0. The van der Waals surface area contributed by atoms with Crippen molar-refractivity contribution in [3.8, 4) is 0 Å². The molecule has 0 heterocycles. The van der Waals surface area contributed by atoms with E-state index in [-0.39, 0.29) is 17.5 Å². The van der Waals surface area contributed by atoms with E-state index in [0.29, 0.717) is 6.54 Å². The molecule has 0 spiro atoms. The van der Waals surface area contributed by atoms with Crippen molar-refractivity contribution in [1.82, 2.24) is 10.6 Å². The molecule has 4 nitrogen and oxygen atoms in total. The number of carbonyl (C=O) groups excluding carboxylic acids is 1. The van der Waals surface area contributed by atoms with E-state index >= 15 is 0 Å². The third-order valence-electron chi connectivity index (χ3n) is 1.61. The number of hydrogen-bond acceptors (Lipinski definition) is 3. The summed E-state index contributed by atoms with van der Waals surface area (Å²) in [6.45, 7) is 9.70. The highest BCUT2D eigenvalue weighted by molar-refractivity contribution is 5.81. The van der Waals surface area contributed by atoms with Gasteiger partial charge >= 0.3 is 0 Å². The van der Waals surface area contributed by atoms with E-state index in [1.165, 1.54) is 0 Å². The van der Waals surface area contributed by atoms with Crippen LogP contribution in [-0.2, 0) is 4.79 Å². The molecule has 2 atom stereocenters. The van der Waals surface area contributed by atoms with Crippen LogP contribution in [0, 0.1) is 0 Å². The standard InChI is InChI=1S/C10H22N2O2/c1-7(13)6-11-8(2)9(14)12-10(3,4)5/h7-8,11,13H,6H2,1-5H3,(H,12,14). The number of amides is 1. The van der Waals surface area contributed by atoms with E-state index in [2.05, 4.69) is 10.6 Å². The molecule has 0 aliphatic rings. The maximum absolute atomic E-state index is 11.5. The second kappa shape index (κ2) is 5.32. The number of carbonyl (C=O) groups is 1. The molecular weight excluding hydrogens is 180 g/mol. The number of hydrogen-bond donors (Lipinski definition) is 3. The molecule has 0 aromatic rings. The molecule has 0 rings (SSSR count). The Kier molecular flexibility index (Phi) is 5.08. The Morgan fingerprint density at radius 3 is 2.21 bits per heavy atom. The van der Waals surface area contributed by atoms with Crippen molar-refractivity contribution in [2.45, 2.75) is 52.3 Å². The van der Waals surface area contributed by atoms with E-state index in [9.17, 15) is 4.79 Å². The van der Waals surface area contributed by atoms with Crippen LogP contribution in [0.25, 0.3) is 0 Å². The molecule has 0 saturated carbocycles. The Balaban J connectivity index is 3.88. The largest absolute Gasteiger partial charge is 0.392 e. The highest BCUT2D eigenvalue weighted by atomic mass is 16.3. The Hall–Kier alpha value is -0.610. The lowest BCUT2D eigenvalue weighted by atomic mass is 10.1. The predicted molar refractivity (Wildman–Crippen MR) is 57.0 cm³/mol. The van der Waals surface area contributed by atoms with Crippen molar-refractivity contribution in [1.29, 1.82) is 0 Å². The molecule has 0 aliphatic carbocycles. The predicted octanol–water partition coefficient (Wildman–Crippen LogP) is 0.260. The van der Waals surface area contributed by atoms with Gasteiger partial charge in [0.15, 0.2) is 0 Å². The van der Waals surface area contributed by atoms with Gasteiger partial charge in [-0.05, 0) is 34.6 Å². The second-order valence-corrected chi connectivity index (χ2v) is 4.72. The van der Waals surface area contributed by atoms with Gasteiger partial charge in [0.25, 0.3) is 0 Å². The molecule has 0 fully saturated rings. The fourth-order valence-electron chi connectivity index (χ4n) is 0.918. The maximum Gasteiger partial charge on any atom is 0.237 e. The Morgan fingerprint density at radius 1 is 1.36 bits per heavy atom. The first-order valence-corrected chi connectivity index (χ1v) is 4.96. The zero-order chi connectivity index (χ0) is 11.4. The highest BCUT2D eigenvalue weighted by Crippen LogP contribution is 1.99. The first kappa shape index (κ1) is 13.4. The van der Waals surface area contributed by atoms with E-state index in [0.717, 1.165) is 0 Å². The van der Waals surface area contributed by atoms with Gasteiger partial charge in [-0.25, -0.2) is 0 Å². The monoisotopic (exact) mass is 202 g/mol. The summed E-state index contributed by atoms with van der Waals surface area (Å²) in [6.07, 6.45) is -0.431. The van der Waals surface area contributed by atoms with Crippen LogP contribution in [0.15, 0.2) is 0 Å². The molecule has 0 saturated heterocycles. The van der Waals surface area contributed by atoms with Crippen LogP contribution in [-0.4, -0.2) is 35.2 Å². The Labute approximate surface area is 86.1 Å². The Morgan fingerprint density at radius 2 is 1.86 bits per heavy atom. The molecular formula is C10H22N2O2. The molecule has 14 heavy (non-hydrogen) atoms. The fourth-order valence-corrected chi connectivity index (χ4v) is 0.918. The summed E-state index contributed by atoms with van der Waals surface area (Å²) in [6, 6.07) is -0.274. The summed E-state index contributed by atoms with van der Waals surface area (Å²) in [5, 5.41) is 14.8. The lowest BCUT2D eigenvalue weighted by Crippen LogP contribution is -2.50. The highest BCUT2D eigenvalue weighted by Gasteiger charge is 2.18. The van der Waals surface area contributed by atoms with Gasteiger partial charge in [-0.1, -0.05) is 0 Å². The smallest absolute Gasteiger partial charge is 0.237 e. The molecule has 4 heteroatoms. The van der Waals surface area contributed by atoms with Crippen molar-refractivity contribution in [2.75, 3.05) is 6.54 Å². The molecule has 0 bridgehead atoms. The number of aliphatic hydroxyl groups is 1. The lowest BCUT2D eigenvalue weighted by Gasteiger charge is -2.24. The molecule has 1 amide bonds. The van der Waals surface area contributed by atoms with Gasteiger partial charge in [0.1, 0.15) is 0 Å². The number of nitrogens with one attached hydrogen (secondary N) is 2. The third kappa shape index (κ3) is 6.86. The first-order valence-electron chi connectivity index (χ1n) is 4.96. The summed E-state index contributed by atoms with van der Waals surface area (Å²) in [7, 11) is 0. The van der Waals surface area contributed by atoms with Crippen molar-refractivity contribution in [3.05, 3.63) is 0 Å². The van der Waals surface area contributed by atoms with Gasteiger partial charge in [-0.2, -0.15) is 0 Å². The van der Waals surface area contributed by atoms with Crippen LogP contribution >= 0.6 is 0 Å². The SMILES string of the molecule is CC(O)CNC(C)C(=O)NC(C)(C)C. The van der Waals surface area contributed by atoms with E-state index in [1.807, 2.05) is 20.8 Å². The minimum absolute atomic E-state index is 0.0434. The van der Waals surface area contributed by atoms with Gasteiger partial charge in [-0.15, -0.1) is 0 Å². The van der Waals surface area contributed by atoms with Gasteiger partial charge in [0, 0.05) is 12.1 Å². The fraction of sp³-hybridized carbons (Fsp3) is 0.900. The van der Waals surface area contributed by atoms with Crippen LogP contribution < -0.4 is 10.6 Å². The summed E-state index contributed by atoms with van der Waals surface area (Å²) in [5.41, 5.74) is -0.210. The van der Waals surface area contributed by atoms with Gasteiger partial charge in [-0.3, -0.25) is 4.79 Å². The van der Waals surface area contributed by atoms with Crippen LogP contribution in [0.1, 0.15) is 34.6 Å². The van der Waals surface area contributed by atoms with Crippen LogP contribution in [0.4, 0.5) is 0 Å². The zero-order valence-electron chi connectivity index (χ0n) is 9.72. The summed E-state index contributed by atoms with van der Waals surface area (Å²) in [5.74, 6) is -0.0434. The van der Waals surface area contributed by atoms with Crippen molar-refractivity contribution in [2.24, 2.45) is 0 Å². The Bertz CT molecular complexity index is 185. The summed E-state index contributed by atoms with van der Waals surface area (Å²) in [4.78, 5) is 11.5. The quantitative estimate of drug-likeness (QED) is 0.613. The van der Waals surface area contributed by atoms with Crippen molar-refractivity contribution < 1.29 is 9.90 Å². The second-order valence-electron chi connectivity index (χ2n) is 4.72. The number of aliphatic hydroxyl groups excluding tert-OH is 1. The average Bonchev–Trinajstić information content (AvgIpc) is 1.96. The molecule has 84 valence electrons. The average molecular weight is 202 g/mol. The number of rotatable bonds is 4. The third-order valence-corrected chi connectivity index (χ3v) is 1.61. The minimum Gasteiger partial charge on any atom is -0.392 e. The molecule has 0 aromatic carbocycles. The van der Waals surface area contributed by atoms with E-state index < -0.39 is 6.10 Å². The van der Waals surface area contributed by atoms with Gasteiger partial charge in [0.2, 0.25) is 5.91 Å². The topological polar surface area (TPSA) is 61.4 Å². The zero-order valence-corrected chi connectivity index (χ0v) is 9.72. The van der Waals surface area contributed by atoms with Crippen LogP contribution in [0.5, 0.6) is 0 Å². The normalized spacial score (nSPS) is 16.1. The van der Waals surface area contributed by atoms with E-state index in [4.69, 9.17) is 5.11 Å². The van der Waals surface area contributed by atoms with Gasteiger partial charge in [0.05, 0.1) is 12.1 Å². The molecule has 2 unspecified atom stereocenters. The summed E-state index contributed by atoms with van der Waals surface area (Å²) < 4.78 is 0. The molecule has 3 N–H and O–H groups in total. The van der Waals surface area contributed by atoms with E-state index in [1.54, 1.807) is 13.8 Å². The van der Waals surface area contributed by atoms with Crippen molar-refractivity contribution in [3.63, 3.8) is 0 Å². The lowest BCUT2D eigenvalue weighted by molar-refractivity contribution is -0.124. The van der Waals surface area contributed by atoms with Gasteiger partial charge < -0.3 is 15.7 Å². The minimum atomic E-state index is -0.431. The first-order chi connectivity index (χ1) is 6.22. The molecule has 0 aliphatic heterocycles.